The van der Waals surface area contributed by atoms with E-state index in [2.05, 4.69) is 10.0 Å². The molecule has 0 atom stereocenters. The summed E-state index contributed by atoms with van der Waals surface area (Å²) in [5.41, 5.74) is 8.81. The quantitative estimate of drug-likeness (QED) is 0.246. The van der Waals surface area contributed by atoms with Crippen LogP contribution in [-0.4, -0.2) is 12.8 Å². The second-order valence-electron chi connectivity index (χ2n) is 3.04. The molecule has 0 aliphatic carbocycles. The van der Waals surface area contributed by atoms with Crippen LogP contribution >= 0.6 is 0 Å². The first-order chi connectivity index (χ1) is 7.77. The molecule has 0 fully saturated rings. The first-order valence-corrected chi connectivity index (χ1v) is 4.70. The highest BCUT2D eigenvalue weighted by Gasteiger charge is 1.99. The van der Waals surface area contributed by atoms with Gasteiger partial charge in [0.2, 0.25) is 0 Å². The molecule has 82 valence electrons. The molecule has 0 N–H and O–H groups in total. The molecule has 0 bridgehead atoms. The van der Waals surface area contributed by atoms with Crippen LogP contribution in [0.15, 0.2) is 29.4 Å². The maximum absolute atomic E-state index is 12.9. The van der Waals surface area contributed by atoms with Crippen molar-refractivity contribution in [2.45, 2.75) is 6.42 Å². The number of hydrogen-bond donors (Lipinski definition) is 0. The summed E-state index contributed by atoms with van der Waals surface area (Å²) in [5, 5.41) is 3.36. The minimum atomic E-state index is -0.527. The Morgan fingerprint density at radius 1 is 1.50 bits per heavy atom. The minimum absolute atomic E-state index is 0.0391. The van der Waals surface area contributed by atoms with Gasteiger partial charge < -0.3 is 0 Å². The summed E-state index contributed by atoms with van der Waals surface area (Å²) in [7, 11) is 0. The largest absolute Gasteiger partial charge is 0.298 e. The minimum Gasteiger partial charge on any atom is -0.298 e. The lowest BCUT2D eigenvalue weighted by Crippen LogP contribution is -1.87. The van der Waals surface area contributed by atoms with Crippen molar-refractivity contribution in [2.24, 2.45) is 5.11 Å². The van der Waals surface area contributed by atoms with Gasteiger partial charge in [0.25, 0.3) is 0 Å². The summed E-state index contributed by atoms with van der Waals surface area (Å²) in [6.07, 6.45) is 4.64. The van der Waals surface area contributed by atoms with E-state index in [0.717, 1.165) is 5.56 Å². The Bertz CT molecular complexity index is 451. The highest BCUT2D eigenvalue weighted by molar-refractivity contribution is 5.76. The highest BCUT2D eigenvalue weighted by Crippen LogP contribution is 2.10. The van der Waals surface area contributed by atoms with Crippen LogP contribution in [0.3, 0.4) is 0 Å². The molecule has 1 aromatic carbocycles. The summed E-state index contributed by atoms with van der Waals surface area (Å²) in [6.45, 7) is 0.384. The fraction of sp³-hybridized carbons (Fsp3) is 0.182. The molecule has 16 heavy (non-hydrogen) atoms. The van der Waals surface area contributed by atoms with Gasteiger partial charge in [-0.25, -0.2) is 4.39 Å². The lowest BCUT2D eigenvalue weighted by Gasteiger charge is -1.96. The van der Waals surface area contributed by atoms with Gasteiger partial charge >= 0.3 is 0 Å². The smallest absolute Gasteiger partial charge is 0.153 e. The van der Waals surface area contributed by atoms with E-state index in [1.165, 1.54) is 12.1 Å². The van der Waals surface area contributed by atoms with Crippen LogP contribution in [0.1, 0.15) is 22.3 Å². The molecule has 0 spiro atoms. The number of nitrogens with zero attached hydrogens (tertiary/aromatic N) is 3. The number of aldehydes is 1. The Morgan fingerprint density at radius 3 is 3.00 bits per heavy atom. The normalized spacial score (nSPS) is 10.1. The van der Waals surface area contributed by atoms with Crippen molar-refractivity contribution in [3.8, 4) is 0 Å². The van der Waals surface area contributed by atoms with Crippen molar-refractivity contribution < 1.29 is 9.18 Å². The van der Waals surface area contributed by atoms with Gasteiger partial charge in [-0.1, -0.05) is 23.3 Å². The lowest BCUT2D eigenvalue weighted by atomic mass is 10.1. The average Bonchev–Trinajstić information content (AvgIpc) is 2.31. The van der Waals surface area contributed by atoms with Gasteiger partial charge in [0.1, 0.15) is 5.82 Å². The number of halogens is 1. The maximum Gasteiger partial charge on any atom is 0.153 e. The van der Waals surface area contributed by atoms with Crippen molar-refractivity contribution in [3.63, 3.8) is 0 Å². The van der Waals surface area contributed by atoms with Crippen LogP contribution in [-0.2, 0) is 0 Å². The molecule has 0 unspecified atom stereocenters. The van der Waals surface area contributed by atoms with Crippen LogP contribution in [0.5, 0.6) is 0 Å². The van der Waals surface area contributed by atoms with Crippen LogP contribution < -0.4 is 0 Å². The number of rotatable bonds is 5. The molecule has 1 aromatic rings. The Morgan fingerprint density at radius 2 is 2.31 bits per heavy atom. The van der Waals surface area contributed by atoms with Crippen molar-refractivity contribution in [3.05, 3.63) is 51.7 Å². The standard InChI is InChI=1S/C11H10FN3O/c12-11-5-4-9(7-10(11)8-16)3-1-2-6-14-15-13/h1,3-5,7-8H,2,6H2. The summed E-state index contributed by atoms with van der Waals surface area (Å²) < 4.78 is 12.9. The van der Waals surface area contributed by atoms with Gasteiger partial charge in [-0.05, 0) is 29.6 Å². The zero-order valence-electron chi connectivity index (χ0n) is 8.51. The molecule has 5 heteroatoms. The van der Waals surface area contributed by atoms with E-state index in [-0.39, 0.29) is 5.56 Å². The van der Waals surface area contributed by atoms with Crippen molar-refractivity contribution in [2.75, 3.05) is 6.54 Å². The fourth-order valence-electron chi connectivity index (χ4n) is 1.15. The first-order valence-electron chi connectivity index (χ1n) is 4.70. The monoisotopic (exact) mass is 219 g/mol. The van der Waals surface area contributed by atoms with Crippen molar-refractivity contribution >= 4 is 12.4 Å². The molecule has 0 aliphatic heterocycles. The molecule has 0 amide bonds. The molecule has 0 aromatic heterocycles. The molecule has 0 aliphatic rings. The van der Waals surface area contributed by atoms with Gasteiger partial charge in [0, 0.05) is 11.5 Å². The fourth-order valence-corrected chi connectivity index (χ4v) is 1.15. The SMILES string of the molecule is [N-]=[N+]=NCCC=Cc1ccc(F)c(C=O)c1. The van der Waals surface area contributed by atoms with Crippen LogP contribution in [0.4, 0.5) is 4.39 Å². The van der Waals surface area contributed by atoms with Gasteiger partial charge in [0.05, 0.1) is 5.56 Å². The van der Waals surface area contributed by atoms with E-state index < -0.39 is 5.82 Å². The molecule has 0 saturated heterocycles. The van der Waals surface area contributed by atoms with Gasteiger partial charge in [0.15, 0.2) is 6.29 Å². The molecular weight excluding hydrogens is 209 g/mol. The number of carbonyl (C=O) groups excluding carboxylic acids is 1. The molecule has 0 heterocycles. The third-order valence-electron chi connectivity index (χ3n) is 1.92. The summed E-state index contributed by atoms with van der Waals surface area (Å²) >= 11 is 0. The summed E-state index contributed by atoms with van der Waals surface area (Å²) in [5.74, 6) is -0.527. The lowest BCUT2D eigenvalue weighted by molar-refractivity contribution is 0.112. The topological polar surface area (TPSA) is 65.8 Å². The third kappa shape index (κ3) is 3.55. The zero-order chi connectivity index (χ0) is 11.8. The zero-order valence-corrected chi connectivity index (χ0v) is 8.51. The van der Waals surface area contributed by atoms with E-state index in [1.807, 2.05) is 0 Å². The Balaban J connectivity index is 2.66. The van der Waals surface area contributed by atoms with Crippen molar-refractivity contribution in [1.29, 1.82) is 0 Å². The molecule has 0 saturated carbocycles. The van der Waals surface area contributed by atoms with Gasteiger partial charge in [-0.3, -0.25) is 4.79 Å². The molecule has 4 nitrogen and oxygen atoms in total. The first kappa shape index (κ1) is 11.9. The highest BCUT2D eigenvalue weighted by atomic mass is 19.1. The van der Waals surface area contributed by atoms with Crippen LogP contribution in [0.25, 0.3) is 16.5 Å². The average molecular weight is 219 g/mol. The molecule has 1 rings (SSSR count). The van der Waals surface area contributed by atoms with E-state index in [9.17, 15) is 9.18 Å². The molecule has 0 radical (unpaired) electrons. The summed E-state index contributed by atoms with van der Waals surface area (Å²) in [4.78, 5) is 13.1. The second kappa shape index (κ2) is 6.37. The van der Waals surface area contributed by atoms with E-state index in [0.29, 0.717) is 19.3 Å². The third-order valence-corrected chi connectivity index (χ3v) is 1.92. The molecular formula is C11H10FN3O. The summed E-state index contributed by atoms with van der Waals surface area (Å²) in [6, 6.07) is 4.29. The predicted octanol–water partition coefficient (Wildman–Crippen LogP) is 3.35. The van der Waals surface area contributed by atoms with Crippen LogP contribution in [0.2, 0.25) is 0 Å². The predicted molar refractivity (Wildman–Crippen MR) is 59.5 cm³/mol. The van der Waals surface area contributed by atoms with Crippen molar-refractivity contribution in [1.82, 2.24) is 0 Å². The van der Waals surface area contributed by atoms with E-state index in [1.54, 1.807) is 18.2 Å². The van der Waals surface area contributed by atoms with E-state index >= 15 is 0 Å². The number of azide groups is 1. The number of benzene rings is 1. The van der Waals surface area contributed by atoms with Gasteiger partial charge in [-0.15, -0.1) is 0 Å². The van der Waals surface area contributed by atoms with Crippen LogP contribution in [0, 0.1) is 5.82 Å². The number of carbonyl (C=O) groups is 1. The maximum atomic E-state index is 12.9. The Labute approximate surface area is 92.0 Å². The van der Waals surface area contributed by atoms with Gasteiger partial charge in [-0.2, -0.15) is 0 Å². The van der Waals surface area contributed by atoms with E-state index in [4.69, 9.17) is 5.53 Å². The second-order valence-corrected chi connectivity index (χ2v) is 3.04. The number of hydrogen-bond acceptors (Lipinski definition) is 2. The Kier molecular flexibility index (Phi) is 4.76. The Hall–Kier alpha value is -2.13.